The number of nitrogens with one attached hydrogen (secondary N) is 1. The molecule has 0 aliphatic carbocycles. The van der Waals surface area contributed by atoms with Crippen molar-refractivity contribution in [2.24, 2.45) is 0 Å². The average Bonchev–Trinajstić information content (AvgIpc) is 2.66. The van der Waals surface area contributed by atoms with Crippen molar-refractivity contribution in [1.29, 1.82) is 0 Å². The van der Waals surface area contributed by atoms with Gasteiger partial charge < -0.3 is 4.57 Å². The molecule has 5 nitrogen and oxygen atoms in total. The number of pyridine rings is 1. The van der Waals surface area contributed by atoms with E-state index in [2.05, 4.69) is 5.48 Å². The molecular weight excluding hydrogens is 352 g/mol. The summed E-state index contributed by atoms with van der Waals surface area (Å²) in [6, 6.07) is 19.6. The molecule has 0 saturated heterocycles. The summed E-state index contributed by atoms with van der Waals surface area (Å²) in [6.45, 7) is 0.538. The summed E-state index contributed by atoms with van der Waals surface area (Å²) in [6.07, 6.45) is 1.49. The van der Waals surface area contributed by atoms with E-state index in [9.17, 15) is 9.59 Å². The Kier molecular flexibility index (Phi) is 5.84. The van der Waals surface area contributed by atoms with Crippen LogP contribution < -0.4 is 11.0 Å². The van der Waals surface area contributed by atoms with Gasteiger partial charge in [-0.25, -0.2) is 5.48 Å². The molecule has 0 spiro atoms. The maximum Gasteiger partial charge on any atom is 0.276 e. The number of halogens is 1. The van der Waals surface area contributed by atoms with Gasteiger partial charge in [0.1, 0.15) is 0 Å². The van der Waals surface area contributed by atoms with Gasteiger partial charge in [-0.1, -0.05) is 60.1 Å². The number of carbonyl (C=O) groups is 1. The number of hydrogen-bond donors (Lipinski definition) is 1. The minimum atomic E-state index is -0.422. The Balaban J connectivity index is 1.67. The smallest absolute Gasteiger partial charge is 0.276 e. The number of nitrogens with zero attached hydrogens (tertiary/aromatic N) is 1. The SMILES string of the molecule is O=C(NOCc1ccccc1)c1ccc(=O)n(Cc2ccccc2Cl)c1. The summed E-state index contributed by atoms with van der Waals surface area (Å²) < 4.78 is 1.44. The summed E-state index contributed by atoms with van der Waals surface area (Å²) in [5.74, 6) is -0.422. The van der Waals surface area contributed by atoms with Crippen LogP contribution in [0, 0.1) is 0 Å². The third-order valence-electron chi connectivity index (χ3n) is 3.79. The Labute approximate surface area is 155 Å². The molecule has 0 bridgehead atoms. The van der Waals surface area contributed by atoms with E-state index in [1.165, 1.54) is 22.9 Å². The highest BCUT2D eigenvalue weighted by Gasteiger charge is 2.09. The molecule has 0 aliphatic heterocycles. The second kappa shape index (κ2) is 8.47. The molecule has 1 amide bonds. The molecule has 6 heteroatoms. The lowest BCUT2D eigenvalue weighted by atomic mass is 10.2. The first-order valence-corrected chi connectivity index (χ1v) is 8.41. The summed E-state index contributed by atoms with van der Waals surface area (Å²) in [5.41, 5.74) is 4.24. The molecule has 2 aromatic carbocycles. The van der Waals surface area contributed by atoms with E-state index >= 15 is 0 Å². The van der Waals surface area contributed by atoms with Gasteiger partial charge in [-0.3, -0.25) is 14.4 Å². The zero-order valence-corrected chi connectivity index (χ0v) is 14.6. The van der Waals surface area contributed by atoms with E-state index in [1.807, 2.05) is 48.5 Å². The van der Waals surface area contributed by atoms with Crippen molar-refractivity contribution in [2.75, 3.05) is 0 Å². The minimum Gasteiger partial charge on any atom is -0.310 e. The fourth-order valence-electron chi connectivity index (χ4n) is 2.42. The quantitative estimate of drug-likeness (QED) is 0.678. The van der Waals surface area contributed by atoms with Gasteiger partial charge in [0.05, 0.1) is 18.7 Å². The first kappa shape index (κ1) is 17.9. The molecule has 0 radical (unpaired) electrons. The topological polar surface area (TPSA) is 60.3 Å². The number of hydrogen-bond acceptors (Lipinski definition) is 3. The van der Waals surface area contributed by atoms with Crippen molar-refractivity contribution in [3.63, 3.8) is 0 Å². The predicted molar refractivity (Wildman–Crippen MR) is 100.0 cm³/mol. The van der Waals surface area contributed by atoms with Crippen LogP contribution in [0.1, 0.15) is 21.5 Å². The van der Waals surface area contributed by atoms with Crippen molar-refractivity contribution in [1.82, 2.24) is 10.0 Å². The Morgan fingerprint density at radius 3 is 2.50 bits per heavy atom. The summed E-state index contributed by atoms with van der Waals surface area (Å²) >= 11 is 6.14. The molecule has 1 aromatic heterocycles. The van der Waals surface area contributed by atoms with Gasteiger partial charge in [0, 0.05) is 17.3 Å². The number of amides is 1. The van der Waals surface area contributed by atoms with Crippen molar-refractivity contribution < 1.29 is 9.63 Å². The van der Waals surface area contributed by atoms with Gasteiger partial charge in [0.15, 0.2) is 0 Å². The van der Waals surface area contributed by atoms with Crippen molar-refractivity contribution >= 4 is 17.5 Å². The average molecular weight is 369 g/mol. The molecule has 1 heterocycles. The molecule has 26 heavy (non-hydrogen) atoms. The highest BCUT2D eigenvalue weighted by molar-refractivity contribution is 6.31. The molecule has 3 aromatic rings. The van der Waals surface area contributed by atoms with Crippen molar-refractivity contribution in [3.05, 3.63) is 105 Å². The predicted octanol–water partition coefficient (Wildman–Crippen LogP) is 3.41. The van der Waals surface area contributed by atoms with Gasteiger partial charge in [0.25, 0.3) is 11.5 Å². The van der Waals surface area contributed by atoms with Crippen LogP contribution in [0.25, 0.3) is 0 Å². The maximum absolute atomic E-state index is 12.2. The second-order valence-corrected chi connectivity index (χ2v) is 6.09. The normalized spacial score (nSPS) is 10.5. The largest absolute Gasteiger partial charge is 0.310 e. The molecule has 0 saturated carbocycles. The van der Waals surface area contributed by atoms with E-state index in [0.29, 0.717) is 10.6 Å². The Morgan fingerprint density at radius 1 is 1.00 bits per heavy atom. The molecule has 0 fully saturated rings. The lowest BCUT2D eigenvalue weighted by Gasteiger charge is -2.10. The van der Waals surface area contributed by atoms with Gasteiger partial charge in [0.2, 0.25) is 0 Å². The van der Waals surface area contributed by atoms with Crippen molar-refractivity contribution in [2.45, 2.75) is 13.2 Å². The van der Waals surface area contributed by atoms with E-state index in [0.717, 1.165) is 11.1 Å². The van der Waals surface area contributed by atoms with Gasteiger partial charge in [-0.15, -0.1) is 0 Å². The molecule has 0 unspecified atom stereocenters. The van der Waals surface area contributed by atoms with Crippen LogP contribution in [-0.2, 0) is 18.0 Å². The zero-order chi connectivity index (χ0) is 18.4. The zero-order valence-electron chi connectivity index (χ0n) is 13.9. The molecular formula is C20H17ClN2O3. The molecule has 0 aliphatic rings. The third-order valence-corrected chi connectivity index (χ3v) is 4.16. The van der Waals surface area contributed by atoms with Crippen LogP contribution in [0.15, 0.2) is 77.7 Å². The van der Waals surface area contributed by atoms with Crippen LogP contribution in [0.2, 0.25) is 5.02 Å². The molecule has 3 rings (SSSR count). The van der Waals surface area contributed by atoms with Crippen molar-refractivity contribution in [3.8, 4) is 0 Å². The van der Waals surface area contributed by atoms with E-state index < -0.39 is 5.91 Å². The lowest BCUT2D eigenvalue weighted by molar-refractivity contribution is 0.0233. The van der Waals surface area contributed by atoms with E-state index in [1.54, 1.807) is 6.07 Å². The van der Waals surface area contributed by atoms with Gasteiger partial charge in [-0.05, 0) is 23.3 Å². The first-order valence-electron chi connectivity index (χ1n) is 8.03. The molecule has 0 atom stereocenters. The van der Waals surface area contributed by atoms with Gasteiger partial charge >= 0.3 is 0 Å². The summed E-state index contributed by atoms with van der Waals surface area (Å²) in [5, 5.41) is 0.570. The minimum absolute atomic E-state index is 0.216. The number of benzene rings is 2. The highest BCUT2D eigenvalue weighted by atomic mass is 35.5. The molecule has 132 valence electrons. The van der Waals surface area contributed by atoms with Crippen LogP contribution in [-0.4, -0.2) is 10.5 Å². The summed E-state index contributed by atoms with van der Waals surface area (Å²) in [4.78, 5) is 29.5. The number of aromatic nitrogens is 1. The Hall–Kier alpha value is -2.89. The van der Waals surface area contributed by atoms with Crippen LogP contribution >= 0.6 is 11.6 Å². The Morgan fingerprint density at radius 2 is 1.73 bits per heavy atom. The second-order valence-electron chi connectivity index (χ2n) is 5.68. The summed E-state index contributed by atoms with van der Waals surface area (Å²) in [7, 11) is 0. The monoisotopic (exact) mass is 368 g/mol. The van der Waals surface area contributed by atoms with Crippen LogP contribution in [0.4, 0.5) is 0 Å². The van der Waals surface area contributed by atoms with E-state index in [-0.39, 0.29) is 18.7 Å². The number of carbonyl (C=O) groups excluding carboxylic acids is 1. The van der Waals surface area contributed by atoms with E-state index in [4.69, 9.17) is 16.4 Å². The fraction of sp³-hybridized carbons (Fsp3) is 0.100. The maximum atomic E-state index is 12.2. The number of rotatable bonds is 6. The van der Waals surface area contributed by atoms with Gasteiger partial charge in [-0.2, -0.15) is 0 Å². The fourth-order valence-corrected chi connectivity index (χ4v) is 2.61. The first-order chi connectivity index (χ1) is 12.6. The van der Waals surface area contributed by atoms with Crippen LogP contribution in [0.5, 0.6) is 0 Å². The molecule has 1 N–H and O–H groups in total. The third kappa shape index (κ3) is 4.59. The van der Waals surface area contributed by atoms with Crippen LogP contribution in [0.3, 0.4) is 0 Å². The Bertz CT molecular complexity index is 955. The highest BCUT2D eigenvalue weighted by Crippen LogP contribution is 2.15. The lowest BCUT2D eigenvalue weighted by Crippen LogP contribution is -2.27. The number of hydroxylamine groups is 1. The standard InChI is InChI=1S/C20H17ClN2O3/c21-18-9-5-4-8-16(18)12-23-13-17(10-11-19(23)24)20(25)22-26-14-15-6-2-1-3-7-15/h1-11,13H,12,14H2,(H,22,25).